The molecule has 0 unspecified atom stereocenters. The summed E-state index contributed by atoms with van der Waals surface area (Å²) in [5, 5.41) is 2.61. The summed E-state index contributed by atoms with van der Waals surface area (Å²) in [4.78, 5) is 16.0. The number of pyridine rings is 1. The molecule has 0 radical (unpaired) electrons. The molecular weight excluding hydrogens is 358 g/mol. The van der Waals surface area contributed by atoms with Crippen LogP contribution in [0.25, 0.3) is 0 Å². The van der Waals surface area contributed by atoms with Crippen molar-refractivity contribution in [2.75, 3.05) is 12.4 Å². The van der Waals surface area contributed by atoms with E-state index in [9.17, 15) is 13.2 Å². The minimum Gasteiger partial charge on any atom is -0.321 e. The van der Waals surface area contributed by atoms with E-state index in [0.29, 0.717) is 5.69 Å². The molecule has 0 fully saturated rings. The Morgan fingerprint density at radius 1 is 1.24 bits per heavy atom. The summed E-state index contributed by atoms with van der Waals surface area (Å²) in [7, 11) is -2.22. The maximum Gasteiger partial charge on any atom is 0.274 e. The Morgan fingerprint density at radius 2 is 2.00 bits per heavy atom. The number of nitrogens with zero attached hydrogens (tertiary/aromatic N) is 1. The van der Waals surface area contributed by atoms with Crippen molar-refractivity contribution in [3.05, 3.63) is 52.8 Å². The van der Waals surface area contributed by atoms with Crippen molar-refractivity contribution in [3.8, 4) is 0 Å². The van der Waals surface area contributed by atoms with Gasteiger partial charge in [0.1, 0.15) is 5.69 Å². The number of hydrogen-bond donors (Lipinski definition) is 2. The fourth-order valence-electron chi connectivity index (χ4n) is 1.56. The number of aromatic nitrogens is 1. The van der Waals surface area contributed by atoms with Crippen LogP contribution >= 0.6 is 15.9 Å². The first kappa shape index (κ1) is 15.6. The average Bonchev–Trinajstić information content (AvgIpc) is 2.48. The molecule has 1 heterocycles. The van der Waals surface area contributed by atoms with Gasteiger partial charge in [0.25, 0.3) is 5.91 Å². The molecule has 1 aromatic carbocycles. The Labute approximate surface area is 130 Å². The minimum absolute atomic E-state index is 0.0755. The normalized spacial score (nSPS) is 11.1. The fraction of sp³-hybridized carbons (Fsp3) is 0.0769. The standard InChI is InChI=1S/C13H12BrN3O3S/c1-15-21(19,20)11-4-2-3-10(7-11)17-13(18)12-6-5-9(14)8-16-12/h2-8,15H,1H3,(H,17,18). The lowest BCUT2D eigenvalue weighted by Crippen LogP contribution is -2.19. The van der Waals surface area contributed by atoms with E-state index in [1.165, 1.54) is 25.4 Å². The van der Waals surface area contributed by atoms with Crippen molar-refractivity contribution in [1.29, 1.82) is 0 Å². The van der Waals surface area contributed by atoms with Gasteiger partial charge in [-0.1, -0.05) is 6.07 Å². The van der Waals surface area contributed by atoms with E-state index in [1.54, 1.807) is 24.3 Å². The van der Waals surface area contributed by atoms with Gasteiger partial charge in [0, 0.05) is 16.4 Å². The second-order valence-corrected chi connectivity index (χ2v) is 6.85. The molecule has 1 aromatic heterocycles. The van der Waals surface area contributed by atoms with Crippen LogP contribution in [0.4, 0.5) is 5.69 Å². The largest absolute Gasteiger partial charge is 0.321 e. The Balaban J connectivity index is 2.22. The molecule has 2 aromatic rings. The first-order valence-electron chi connectivity index (χ1n) is 5.89. The highest BCUT2D eigenvalue weighted by atomic mass is 79.9. The molecule has 6 nitrogen and oxygen atoms in total. The Bertz CT molecular complexity index is 760. The van der Waals surface area contributed by atoms with Crippen molar-refractivity contribution >= 4 is 37.5 Å². The highest BCUT2D eigenvalue weighted by Crippen LogP contribution is 2.16. The number of nitrogens with one attached hydrogen (secondary N) is 2. The maximum absolute atomic E-state index is 12.0. The highest BCUT2D eigenvalue weighted by molar-refractivity contribution is 9.10. The van der Waals surface area contributed by atoms with Crippen molar-refractivity contribution < 1.29 is 13.2 Å². The summed E-state index contributed by atoms with van der Waals surface area (Å²) >= 11 is 3.23. The molecule has 21 heavy (non-hydrogen) atoms. The number of carbonyl (C=O) groups is 1. The van der Waals surface area contributed by atoms with Gasteiger partial charge in [0.2, 0.25) is 10.0 Å². The van der Waals surface area contributed by atoms with Crippen LogP contribution in [-0.2, 0) is 10.0 Å². The summed E-state index contributed by atoms with van der Waals surface area (Å²) in [5.41, 5.74) is 0.612. The predicted molar refractivity (Wildman–Crippen MR) is 82.6 cm³/mol. The molecule has 110 valence electrons. The number of carbonyl (C=O) groups excluding carboxylic acids is 1. The number of rotatable bonds is 4. The number of amides is 1. The van der Waals surface area contributed by atoms with Crippen molar-refractivity contribution in [1.82, 2.24) is 9.71 Å². The number of hydrogen-bond acceptors (Lipinski definition) is 4. The van der Waals surface area contributed by atoms with Crippen molar-refractivity contribution in [2.24, 2.45) is 0 Å². The van der Waals surface area contributed by atoms with E-state index in [4.69, 9.17) is 0 Å². The van der Waals surface area contributed by atoms with Crippen LogP contribution in [0.3, 0.4) is 0 Å². The van der Waals surface area contributed by atoms with Gasteiger partial charge in [-0.3, -0.25) is 4.79 Å². The van der Waals surface area contributed by atoms with Crippen molar-refractivity contribution in [2.45, 2.75) is 4.90 Å². The molecule has 0 spiro atoms. The number of sulfonamides is 1. The van der Waals surface area contributed by atoms with Gasteiger partial charge >= 0.3 is 0 Å². The first-order valence-corrected chi connectivity index (χ1v) is 8.16. The number of halogens is 1. The van der Waals surface area contributed by atoms with Crippen LogP contribution < -0.4 is 10.0 Å². The molecule has 0 saturated carbocycles. The Morgan fingerprint density at radius 3 is 2.62 bits per heavy atom. The van der Waals surface area contributed by atoms with Gasteiger partial charge in [-0.2, -0.15) is 0 Å². The monoisotopic (exact) mass is 369 g/mol. The smallest absolute Gasteiger partial charge is 0.274 e. The van der Waals surface area contributed by atoms with E-state index in [-0.39, 0.29) is 10.6 Å². The van der Waals surface area contributed by atoms with E-state index < -0.39 is 15.9 Å². The summed E-state index contributed by atoms with van der Waals surface area (Å²) in [6.07, 6.45) is 1.51. The zero-order valence-corrected chi connectivity index (χ0v) is 13.4. The molecule has 0 atom stereocenters. The highest BCUT2D eigenvalue weighted by Gasteiger charge is 2.13. The number of benzene rings is 1. The molecule has 1 amide bonds. The third kappa shape index (κ3) is 3.87. The number of anilines is 1. The van der Waals surface area contributed by atoms with Crippen molar-refractivity contribution in [3.63, 3.8) is 0 Å². The molecule has 0 bridgehead atoms. The van der Waals surface area contributed by atoms with Gasteiger partial charge in [-0.05, 0) is 53.3 Å². The lowest BCUT2D eigenvalue weighted by molar-refractivity contribution is 0.102. The van der Waals surface area contributed by atoms with Crippen LogP contribution in [0.15, 0.2) is 52.0 Å². The molecule has 0 aliphatic rings. The van der Waals surface area contributed by atoms with Crippen LogP contribution in [0.1, 0.15) is 10.5 Å². The topological polar surface area (TPSA) is 88.2 Å². The molecule has 2 rings (SSSR count). The molecule has 0 saturated heterocycles. The summed E-state index contributed by atoms with van der Waals surface area (Å²) in [5.74, 6) is -0.415. The van der Waals surface area contributed by atoms with Gasteiger partial charge in [-0.15, -0.1) is 0 Å². The third-order valence-electron chi connectivity index (χ3n) is 2.63. The Kier molecular flexibility index (Phi) is 4.71. The fourth-order valence-corrected chi connectivity index (χ4v) is 2.57. The van der Waals surface area contributed by atoms with Crippen LogP contribution in [0, 0.1) is 0 Å². The lowest BCUT2D eigenvalue weighted by atomic mass is 10.3. The van der Waals surface area contributed by atoms with E-state index in [2.05, 4.69) is 31.0 Å². The summed E-state index contributed by atoms with van der Waals surface area (Å²) in [6, 6.07) is 9.24. The van der Waals surface area contributed by atoms with Gasteiger partial charge in [0.15, 0.2) is 0 Å². The van der Waals surface area contributed by atoms with E-state index in [0.717, 1.165) is 4.47 Å². The second kappa shape index (κ2) is 6.33. The van der Waals surface area contributed by atoms with Crippen LogP contribution in [0.2, 0.25) is 0 Å². The summed E-state index contributed by atoms with van der Waals surface area (Å²) in [6.45, 7) is 0. The first-order chi connectivity index (χ1) is 9.92. The lowest BCUT2D eigenvalue weighted by Gasteiger charge is -2.07. The quantitative estimate of drug-likeness (QED) is 0.862. The molecule has 2 N–H and O–H groups in total. The third-order valence-corrected chi connectivity index (χ3v) is 4.51. The van der Waals surface area contributed by atoms with Crippen LogP contribution in [0.5, 0.6) is 0 Å². The van der Waals surface area contributed by atoms with Gasteiger partial charge < -0.3 is 5.32 Å². The van der Waals surface area contributed by atoms with Crippen LogP contribution in [-0.4, -0.2) is 26.4 Å². The molecule has 0 aliphatic carbocycles. The molecular formula is C13H12BrN3O3S. The predicted octanol–water partition coefficient (Wildman–Crippen LogP) is 2.00. The summed E-state index contributed by atoms with van der Waals surface area (Å²) < 4.78 is 26.4. The van der Waals surface area contributed by atoms with Gasteiger partial charge in [-0.25, -0.2) is 18.1 Å². The average molecular weight is 370 g/mol. The SMILES string of the molecule is CNS(=O)(=O)c1cccc(NC(=O)c2ccc(Br)cn2)c1. The van der Waals surface area contributed by atoms with E-state index in [1.807, 2.05) is 0 Å². The van der Waals surface area contributed by atoms with E-state index >= 15 is 0 Å². The second-order valence-electron chi connectivity index (χ2n) is 4.05. The molecule has 0 aliphatic heterocycles. The minimum atomic E-state index is -3.55. The van der Waals surface area contributed by atoms with Gasteiger partial charge in [0.05, 0.1) is 4.90 Å². The Hall–Kier alpha value is -1.77. The zero-order valence-electron chi connectivity index (χ0n) is 11.0. The zero-order chi connectivity index (χ0) is 15.5. The molecule has 8 heteroatoms. The maximum atomic E-state index is 12.0.